The summed E-state index contributed by atoms with van der Waals surface area (Å²) in [6, 6.07) is 4.28. The molecule has 0 aliphatic carbocycles. The molecule has 0 aliphatic heterocycles. The van der Waals surface area contributed by atoms with E-state index in [0.29, 0.717) is 0 Å². The van der Waals surface area contributed by atoms with E-state index < -0.39 is 0 Å². The van der Waals surface area contributed by atoms with Crippen molar-refractivity contribution in [3.8, 4) is 0 Å². The van der Waals surface area contributed by atoms with Gasteiger partial charge in [0.25, 0.3) is 0 Å². The highest BCUT2D eigenvalue weighted by atomic mass is 14.7. The van der Waals surface area contributed by atoms with Gasteiger partial charge in [-0.05, 0) is 30.9 Å². The number of rotatable bonds is 4. The molecular weight excluding hydrogens is 158 g/mol. The van der Waals surface area contributed by atoms with Gasteiger partial charge < -0.3 is 0 Å². The first-order valence-electron chi connectivity index (χ1n) is 5.14. The van der Waals surface area contributed by atoms with E-state index in [9.17, 15) is 0 Å². The van der Waals surface area contributed by atoms with E-state index in [1.807, 2.05) is 13.1 Å². The molecule has 0 spiro atoms. The topological polar surface area (TPSA) is 12.9 Å². The quantitative estimate of drug-likeness (QED) is 0.687. The minimum absolute atomic E-state index is 0.787. The minimum atomic E-state index is 0.787. The Morgan fingerprint density at radius 3 is 2.69 bits per heavy atom. The standard InChI is InChI=1S/C12H19N/c1-4-5-10(2)8-12-7-6-11(3)13-9-12/h6-7,9-10H,4-5,8H2,1-3H3. The van der Waals surface area contributed by atoms with Crippen molar-refractivity contribution < 1.29 is 0 Å². The third kappa shape index (κ3) is 3.58. The van der Waals surface area contributed by atoms with E-state index in [2.05, 4.69) is 31.0 Å². The van der Waals surface area contributed by atoms with Crippen LogP contribution in [0, 0.1) is 12.8 Å². The molecule has 0 fully saturated rings. The summed E-state index contributed by atoms with van der Waals surface area (Å²) in [6.45, 7) is 6.58. The molecular formula is C12H19N. The summed E-state index contributed by atoms with van der Waals surface area (Å²) in [6.07, 6.45) is 5.76. The fourth-order valence-electron chi connectivity index (χ4n) is 1.62. The largest absolute Gasteiger partial charge is 0.261 e. The summed E-state index contributed by atoms with van der Waals surface area (Å²) in [7, 11) is 0. The monoisotopic (exact) mass is 177 g/mol. The molecule has 72 valence electrons. The highest BCUT2D eigenvalue weighted by molar-refractivity contribution is 5.13. The predicted molar refractivity (Wildman–Crippen MR) is 56.8 cm³/mol. The number of hydrogen-bond donors (Lipinski definition) is 0. The Morgan fingerprint density at radius 2 is 2.15 bits per heavy atom. The summed E-state index contributed by atoms with van der Waals surface area (Å²) < 4.78 is 0. The van der Waals surface area contributed by atoms with Crippen LogP contribution >= 0.6 is 0 Å². The molecule has 1 heterocycles. The molecule has 1 aromatic heterocycles. The van der Waals surface area contributed by atoms with Gasteiger partial charge in [-0.15, -0.1) is 0 Å². The van der Waals surface area contributed by atoms with Crippen LogP contribution in [0.15, 0.2) is 18.3 Å². The Morgan fingerprint density at radius 1 is 1.38 bits per heavy atom. The van der Waals surface area contributed by atoms with Crippen molar-refractivity contribution in [2.24, 2.45) is 5.92 Å². The minimum Gasteiger partial charge on any atom is -0.261 e. The van der Waals surface area contributed by atoms with E-state index >= 15 is 0 Å². The lowest BCUT2D eigenvalue weighted by Crippen LogP contribution is -1.99. The first-order valence-corrected chi connectivity index (χ1v) is 5.14. The van der Waals surface area contributed by atoms with E-state index in [0.717, 1.165) is 11.6 Å². The van der Waals surface area contributed by atoms with Crippen molar-refractivity contribution in [1.82, 2.24) is 4.98 Å². The van der Waals surface area contributed by atoms with E-state index in [1.165, 1.54) is 24.8 Å². The smallest absolute Gasteiger partial charge is 0.0372 e. The molecule has 13 heavy (non-hydrogen) atoms. The summed E-state index contributed by atoms with van der Waals surface area (Å²) in [5, 5.41) is 0. The van der Waals surface area contributed by atoms with Crippen LogP contribution in [0.3, 0.4) is 0 Å². The van der Waals surface area contributed by atoms with Gasteiger partial charge in [-0.2, -0.15) is 0 Å². The van der Waals surface area contributed by atoms with Gasteiger partial charge >= 0.3 is 0 Å². The maximum atomic E-state index is 4.29. The molecule has 1 rings (SSSR count). The third-order valence-electron chi connectivity index (χ3n) is 2.34. The molecule has 0 aliphatic rings. The molecule has 0 N–H and O–H groups in total. The van der Waals surface area contributed by atoms with Gasteiger partial charge in [0.15, 0.2) is 0 Å². The Balaban J connectivity index is 2.49. The summed E-state index contributed by atoms with van der Waals surface area (Å²) in [5.41, 5.74) is 2.47. The SMILES string of the molecule is CCCC(C)Cc1ccc(C)nc1. The number of hydrogen-bond acceptors (Lipinski definition) is 1. The Kier molecular flexibility index (Phi) is 3.94. The highest BCUT2D eigenvalue weighted by Gasteiger charge is 2.02. The van der Waals surface area contributed by atoms with Crippen LogP contribution in [-0.2, 0) is 6.42 Å². The molecule has 0 saturated heterocycles. The lowest BCUT2D eigenvalue weighted by molar-refractivity contribution is 0.522. The number of aromatic nitrogens is 1. The summed E-state index contributed by atoms with van der Waals surface area (Å²) in [4.78, 5) is 4.29. The molecule has 1 unspecified atom stereocenters. The van der Waals surface area contributed by atoms with Crippen molar-refractivity contribution in [3.05, 3.63) is 29.6 Å². The highest BCUT2D eigenvalue weighted by Crippen LogP contribution is 2.12. The van der Waals surface area contributed by atoms with Crippen molar-refractivity contribution >= 4 is 0 Å². The molecule has 1 atom stereocenters. The van der Waals surface area contributed by atoms with Crippen LogP contribution in [0.1, 0.15) is 37.9 Å². The average Bonchev–Trinajstić information content (AvgIpc) is 2.09. The van der Waals surface area contributed by atoms with Crippen molar-refractivity contribution in [2.45, 2.75) is 40.0 Å². The van der Waals surface area contributed by atoms with Gasteiger partial charge in [0, 0.05) is 11.9 Å². The van der Waals surface area contributed by atoms with Crippen molar-refractivity contribution in [2.75, 3.05) is 0 Å². The fourth-order valence-corrected chi connectivity index (χ4v) is 1.62. The molecule has 0 radical (unpaired) electrons. The average molecular weight is 177 g/mol. The van der Waals surface area contributed by atoms with Gasteiger partial charge in [0.05, 0.1) is 0 Å². The molecule has 1 heteroatoms. The second kappa shape index (κ2) is 5.00. The maximum Gasteiger partial charge on any atom is 0.0372 e. The lowest BCUT2D eigenvalue weighted by Gasteiger charge is -2.09. The van der Waals surface area contributed by atoms with Crippen LogP contribution in [0.2, 0.25) is 0 Å². The van der Waals surface area contributed by atoms with E-state index in [4.69, 9.17) is 0 Å². The molecule has 0 saturated carbocycles. The fraction of sp³-hybridized carbons (Fsp3) is 0.583. The van der Waals surface area contributed by atoms with Crippen LogP contribution < -0.4 is 0 Å². The van der Waals surface area contributed by atoms with Gasteiger partial charge in [0.2, 0.25) is 0 Å². The normalized spacial score (nSPS) is 12.8. The zero-order valence-electron chi connectivity index (χ0n) is 8.88. The summed E-state index contributed by atoms with van der Waals surface area (Å²) >= 11 is 0. The first kappa shape index (κ1) is 10.2. The second-order valence-corrected chi connectivity index (χ2v) is 3.91. The predicted octanol–water partition coefficient (Wildman–Crippen LogP) is 3.37. The van der Waals surface area contributed by atoms with Crippen molar-refractivity contribution in [3.63, 3.8) is 0 Å². The lowest BCUT2D eigenvalue weighted by atomic mass is 9.98. The van der Waals surface area contributed by atoms with E-state index in [1.54, 1.807) is 0 Å². The maximum absolute atomic E-state index is 4.29. The van der Waals surface area contributed by atoms with Crippen LogP contribution in [0.4, 0.5) is 0 Å². The van der Waals surface area contributed by atoms with Crippen LogP contribution in [0.25, 0.3) is 0 Å². The second-order valence-electron chi connectivity index (χ2n) is 3.91. The Labute approximate surface area is 81.2 Å². The first-order chi connectivity index (χ1) is 6.22. The van der Waals surface area contributed by atoms with Gasteiger partial charge in [0.1, 0.15) is 0 Å². The molecule has 1 nitrogen and oxygen atoms in total. The Bertz CT molecular complexity index is 238. The Hall–Kier alpha value is -0.850. The van der Waals surface area contributed by atoms with Gasteiger partial charge in [-0.1, -0.05) is 32.8 Å². The van der Waals surface area contributed by atoms with Crippen LogP contribution in [-0.4, -0.2) is 4.98 Å². The van der Waals surface area contributed by atoms with Gasteiger partial charge in [-0.25, -0.2) is 0 Å². The molecule has 0 bridgehead atoms. The van der Waals surface area contributed by atoms with Gasteiger partial charge in [-0.3, -0.25) is 4.98 Å². The van der Waals surface area contributed by atoms with Crippen molar-refractivity contribution in [1.29, 1.82) is 0 Å². The zero-order valence-corrected chi connectivity index (χ0v) is 8.88. The zero-order chi connectivity index (χ0) is 9.68. The number of pyridine rings is 1. The van der Waals surface area contributed by atoms with Crippen LogP contribution in [0.5, 0.6) is 0 Å². The summed E-state index contributed by atoms with van der Waals surface area (Å²) in [5.74, 6) is 0.787. The molecule has 1 aromatic rings. The number of nitrogens with zero attached hydrogens (tertiary/aromatic N) is 1. The third-order valence-corrected chi connectivity index (χ3v) is 2.34. The van der Waals surface area contributed by atoms with E-state index in [-0.39, 0.29) is 0 Å². The molecule has 0 amide bonds. The molecule has 0 aromatic carbocycles. The number of aryl methyl sites for hydroxylation is 1.